The normalized spacial score (nSPS) is 10.3. The van der Waals surface area contributed by atoms with Crippen LogP contribution in [0.15, 0.2) is 41.2 Å². The second-order valence-electron chi connectivity index (χ2n) is 4.81. The lowest BCUT2D eigenvalue weighted by molar-refractivity contribution is 0.0942. The van der Waals surface area contributed by atoms with E-state index in [2.05, 4.69) is 10.4 Å². The van der Waals surface area contributed by atoms with Gasteiger partial charge < -0.3 is 14.8 Å². The molecular weight excluding hydrogens is 298 g/mol. The van der Waals surface area contributed by atoms with E-state index in [0.717, 1.165) is 11.3 Å². The maximum atomic E-state index is 12.2. The summed E-state index contributed by atoms with van der Waals surface area (Å²) in [6, 6.07) is 10.1. The van der Waals surface area contributed by atoms with Gasteiger partial charge in [-0.3, -0.25) is 9.59 Å². The number of nitrogens with zero attached hydrogens (tertiary/aromatic N) is 2. The quantitative estimate of drug-likeness (QED) is 0.818. The minimum Gasteiger partial charge on any atom is -0.497 e. The van der Waals surface area contributed by atoms with E-state index < -0.39 is 0 Å². The number of amides is 1. The van der Waals surface area contributed by atoms with E-state index in [-0.39, 0.29) is 17.2 Å². The molecule has 1 N–H and O–H groups in total. The number of hydrogen-bond acceptors (Lipinski definition) is 5. The fraction of sp³-hybridized carbons (Fsp3) is 0.312. The Hall–Kier alpha value is -2.67. The molecule has 1 amide bonds. The Morgan fingerprint density at radius 1 is 1.26 bits per heavy atom. The summed E-state index contributed by atoms with van der Waals surface area (Å²) in [6.45, 7) is 0.989. The first-order valence-corrected chi connectivity index (χ1v) is 7.12. The van der Waals surface area contributed by atoms with Gasteiger partial charge in [0.15, 0.2) is 0 Å². The molecule has 1 heterocycles. The third-order valence-electron chi connectivity index (χ3n) is 3.19. The lowest BCUT2D eigenvalue weighted by atomic mass is 10.2. The first-order chi connectivity index (χ1) is 11.1. The van der Waals surface area contributed by atoms with Gasteiger partial charge in [0.05, 0.1) is 20.3 Å². The number of carbonyl (C=O) groups is 1. The Kier molecular flexibility index (Phi) is 5.87. The summed E-state index contributed by atoms with van der Waals surface area (Å²) in [7, 11) is 3.13. The maximum absolute atomic E-state index is 12.2. The number of hydrogen-bond donors (Lipinski definition) is 1. The van der Waals surface area contributed by atoms with Crippen LogP contribution >= 0.6 is 0 Å². The zero-order chi connectivity index (χ0) is 16.7. The zero-order valence-corrected chi connectivity index (χ0v) is 13.1. The summed E-state index contributed by atoms with van der Waals surface area (Å²) in [5.41, 5.74) is 0.820. The Balaban J connectivity index is 2.04. The van der Waals surface area contributed by atoms with Gasteiger partial charge in [-0.2, -0.15) is 5.10 Å². The molecule has 1 aromatic heterocycles. The first kappa shape index (κ1) is 16.7. The van der Waals surface area contributed by atoms with Gasteiger partial charge in [0.25, 0.3) is 11.5 Å². The monoisotopic (exact) mass is 317 g/mol. The molecular formula is C16H19N3O4. The highest BCUT2D eigenvalue weighted by molar-refractivity contribution is 5.91. The molecule has 7 nitrogen and oxygen atoms in total. The number of carbonyl (C=O) groups excluding carboxylic acids is 1. The summed E-state index contributed by atoms with van der Waals surface area (Å²) in [5, 5.41) is 6.81. The predicted molar refractivity (Wildman–Crippen MR) is 84.5 cm³/mol. The van der Waals surface area contributed by atoms with Crippen molar-refractivity contribution in [2.75, 3.05) is 20.8 Å². The number of aromatic nitrogens is 2. The fourth-order valence-corrected chi connectivity index (χ4v) is 1.96. The van der Waals surface area contributed by atoms with Crippen LogP contribution in [0.4, 0.5) is 0 Å². The van der Waals surface area contributed by atoms with Gasteiger partial charge in [-0.15, -0.1) is 0 Å². The van der Waals surface area contributed by atoms with Crippen molar-refractivity contribution in [2.45, 2.75) is 13.1 Å². The molecule has 0 aliphatic carbocycles. The Morgan fingerprint density at radius 2 is 2.09 bits per heavy atom. The van der Waals surface area contributed by atoms with E-state index in [1.54, 1.807) is 7.11 Å². The Labute approximate surface area is 133 Å². The van der Waals surface area contributed by atoms with Crippen LogP contribution in [0.1, 0.15) is 16.1 Å². The number of benzene rings is 1. The van der Waals surface area contributed by atoms with Crippen LogP contribution in [0.2, 0.25) is 0 Å². The average molecular weight is 317 g/mol. The van der Waals surface area contributed by atoms with Crippen LogP contribution in [0.3, 0.4) is 0 Å². The van der Waals surface area contributed by atoms with E-state index in [4.69, 9.17) is 9.47 Å². The molecule has 0 fully saturated rings. The van der Waals surface area contributed by atoms with Crippen molar-refractivity contribution in [2.24, 2.45) is 0 Å². The van der Waals surface area contributed by atoms with Gasteiger partial charge >= 0.3 is 0 Å². The molecule has 0 saturated carbocycles. The molecule has 2 aromatic rings. The lowest BCUT2D eigenvalue weighted by Gasteiger charge is -2.08. The van der Waals surface area contributed by atoms with E-state index in [1.165, 1.54) is 23.9 Å². The smallest absolute Gasteiger partial charge is 0.271 e. The number of methoxy groups -OCH3 is 2. The Bertz CT molecular complexity index is 727. The van der Waals surface area contributed by atoms with Crippen molar-refractivity contribution in [1.29, 1.82) is 0 Å². The van der Waals surface area contributed by atoms with Crippen LogP contribution in [0.5, 0.6) is 5.75 Å². The predicted octanol–water partition coefficient (Wildman–Crippen LogP) is 0.828. The van der Waals surface area contributed by atoms with Crippen molar-refractivity contribution < 1.29 is 14.3 Å². The fourth-order valence-electron chi connectivity index (χ4n) is 1.96. The van der Waals surface area contributed by atoms with Crippen molar-refractivity contribution >= 4 is 5.91 Å². The number of nitrogens with one attached hydrogen (secondary N) is 1. The minimum atomic E-state index is -0.348. The summed E-state index contributed by atoms with van der Waals surface area (Å²) < 4.78 is 11.3. The summed E-state index contributed by atoms with van der Waals surface area (Å²) in [6.07, 6.45) is 0. The Morgan fingerprint density at radius 3 is 2.83 bits per heavy atom. The van der Waals surface area contributed by atoms with Gasteiger partial charge in [0.2, 0.25) is 0 Å². The molecule has 7 heteroatoms. The molecule has 0 radical (unpaired) electrons. The zero-order valence-electron chi connectivity index (χ0n) is 13.1. The molecule has 0 aliphatic rings. The molecule has 0 bridgehead atoms. The summed E-state index contributed by atoms with van der Waals surface area (Å²) in [4.78, 5) is 23.8. The van der Waals surface area contributed by atoms with Gasteiger partial charge in [0.1, 0.15) is 11.4 Å². The molecule has 0 aliphatic heterocycles. The average Bonchev–Trinajstić information content (AvgIpc) is 2.59. The number of ether oxygens (including phenoxy) is 2. The van der Waals surface area contributed by atoms with Gasteiger partial charge in [-0.1, -0.05) is 12.1 Å². The van der Waals surface area contributed by atoms with Crippen molar-refractivity contribution in [1.82, 2.24) is 15.1 Å². The topological polar surface area (TPSA) is 82.5 Å². The van der Waals surface area contributed by atoms with Gasteiger partial charge in [0, 0.05) is 19.7 Å². The second-order valence-corrected chi connectivity index (χ2v) is 4.81. The molecule has 1 aromatic carbocycles. The molecule has 2 rings (SSSR count). The molecule has 122 valence electrons. The van der Waals surface area contributed by atoms with Crippen molar-refractivity contribution in [3.63, 3.8) is 0 Å². The van der Waals surface area contributed by atoms with Crippen LogP contribution in [-0.2, 0) is 17.8 Å². The van der Waals surface area contributed by atoms with Crippen molar-refractivity contribution in [3.8, 4) is 5.75 Å². The third-order valence-corrected chi connectivity index (χ3v) is 3.19. The van der Waals surface area contributed by atoms with Crippen molar-refractivity contribution in [3.05, 3.63) is 58.0 Å². The van der Waals surface area contributed by atoms with E-state index >= 15 is 0 Å². The lowest BCUT2D eigenvalue weighted by Crippen LogP contribution is -2.30. The second kappa shape index (κ2) is 8.09. The molecule has 0 unspecified atom stereocenters. The minimum absolute atomic E-state index is 0.184. The summed E-state index contributed by atoms with van der Waals surface area (Å²) in [5.74, 6) is 0.377. The first-order valence-electron chi connectivity index (χ1n) is 7.12. The van der Waals surface area contributed by atoms with E-state index in [9.17, 15) is 9.59 Å². The third kappa shape index (κ3) is 4.65. The standard InChI is InChI=1S/C16H19N3O4/c1-22-9-8-19-15(20)7-6-14(18-19)16(21)17-11-12-4-3-5-13(10-12)23-2/h3-7,10H,8-9,11H2,1-2H3,(H,17,21). The largest absolute Gasteiger partial charge is 0.497 e. The molecule has 0 atom stereocenters. The summed E-state index contributed by atoms with van der Waals surface area (Å²) >= 11 is 0. The maximum Gasteiger partial charge on any atom is 0.271 e. The highest BCUT2D eigenvalue weighted by Gasteiger charge is 2.09. The van der Waals surface area contributed by atoms with Crippen LogP contribution in [0.25, 0.3) is 0 Å². The highest BCUT2D eigenvalue weighted by atomic mass is 16.5. The SMILES string of the molecule is COCCn1nc(C(=O)NCc2cccc(OC)c2)ccc1=O. The van der Waals surface area contributed by atoms with E-state index in [0.29, 0.717) is 19.7 Å². The highest BCUT2D eigenvalue weighted by Crippen LogP contribution is 2.12. The molecule has 0 spiro atoms. The molecule has 23 heavy (non-hydrogen) atoms. The van der Waals surface area contributed by atoms with Crippen LogP contribution in [0, 0.1) is 0 Å². The van der Waals surface area contributed by atoms with Crippen LogP contribution in [-0.4, -0.2) is 36.5 Å². The number of rotatable bonds is 7. The van der Waals surface area contributed by atoms with E-state index in [1.807, 2.05) is 24.3 Å². The molecule has 0 saturated heterocycles. The van der Waals surface area contributed by atoms with Gasteiger partial charge in [-0.25, -0.2) is 4.68 Å². The van der Waals surface area contributed by atoms with Gasteiger partial charge in [-0.05, 0) is 23.8 Å². The van der Waals surface area contributed by atoms with Crippen LogP contribution < -0.4 is 15.6 Å².